The van der Waals surface area contributed by atoms with E-state index in [4.69, 9.17) is 16.7 Å². The Kier molecular flexibility index (Phi) is 3.46. The summed E-state index contributed by atoms with van der Waals surface area (Å²) in [7, 11) is 0. The number of benzene rings is 1. The van der Waals surface area contributed by atoms with Gasteiger partial charge in [-0.15, -0.1) is 0 Å². The van der Waals surface area contributed by atoms with Gasteiger partial charge in [0, 0.05) is 16.7 Å². The number of halogens is 2. The van der Waals surface area contributed by atoms with E-state index in [1.54, 1.807) is 22.6 Å². The quantitative estimate of drug-likeness (QED) is 0.518. The van der Waals surface area contributed by atoms with Crippen LogP contribution >= 0.6 is 34.2 Å². The van der Waals surface area contributed by atoms with Crippen LogP contribution in [0.15, 0.2) is 12.1 Å². The highest BCUT2D eigenvalue weighted by Gasteiger charge is 2.16. The van der Waals surface area contributed by atoms with Gasteiger partial charge in [0.2, 0.25) is 0 Å². The van der Waals surface area contributed by atoms with Crippen LogP contribution in [0.3, 0.4) is 0 Å². The summed E-state index contributed by atoms with van der Waals surface area (Å²) < 4.78 is 0.387. The third-order valence-corrected chi connectivity index (χ3v) is 3.08. The van der Waals surface area contributed by atoms with Crippen LogP contribution in [0.1, 0.15) is 5.56 Å². The van der Waals surface area contributed by atoms with Crippen molar-refractivity contribution in [2.75, 3.05) is 0 Å². The third-order valence-electron chi connectivity index (χ3n) is 1.52. The number of aliphatic hydroxyl groups excluding tert-OH is 1. The van der Waals surface area contributed by atoms with E-state index in [1.165, 1.54) is 12.1 Å². The maximum atomic E-state index is 10.5. The molecule has 0 amide bonds. The SMILES string of the molecule is O=[N+]([O-])c1ccc(Cl)c(CO)c1I. The van der Waals surface area contributed by atoms with Crippen LogP contribution in [0.2, 0.25) is 5.02 Å². The lowest BCUT2D eigenvalue weighted by molar-refractivity contribution is -0.385. The number of aliphatic hydroxyl groups is 1. The van der Waals surface area contributed by atoms with Crippen LogP contribution in [0.4, 0.5) is 5.69 Å². The lowest BCUT2D eigenvalue weighted by Gasteiger charge is -2.03. The first-order chi connectivity index (χ1) is 6.07. The van der Waals surface area contributed by atoms with E-state index in [1.807, 2.05) is 0 Å². The zero-order valence-corrected chi connectivity index (χ0v) is 9.24. The van der Waals surface area contributed by atoms with Gasteiger partial charge in [0.05, 0.1) is 15.1 Å². The Bertz CT molecular complexity index is 356. The zero-order valence-electron chi connectivity index (χ0n) is 6.33. The Hall–Kier alpha value is -0.400. The number of nitro groups is 1. The molecule has 1 rings (SSSR count). The molecule has 1 aromatic rings. The molecule has 6 heteroatoms. The summed E-state index contributed by atoms with van der Waals surface area (Å²) in [5.74, 6) is 0. The van der Waals surface area contributed by atoms with Crippen molar-refractivity contribution in [2.45, 2.75) is 6.61 Å². The van der Waals surface area contributed by atoms with Gasteiger partial charge in [0.1, 0.15) is 0 Å². The predicted octanol–water partition coefficient (Wildman–Crippen LogP) is 2.35. The van der Waals surface area contributed by atoms with E-state index in [0.717, 1.165) is 0 Å². The van der Waals surface area contributed by atoms with Gasteiger partial charge in [-0.2, -0.15) is 0 Å². The van der Waals surface area contributed by atoms with Crippen molar-refractivity contribution in [3.05, 3.63) is 36.4 Å². The summed E-state index contributed by atoms with van der Waals surface area (Å²) in [5.41, 5.74) is 0.366. The zero-order chi connectivity index (χ0) is 10.0. The van der Waals surface area contributed by atoms with Crippen molar-refractivity contribution < 1.29 is 10.0 Å². The largest absolute Gasteiger partial charge is 0.392 e. The fourth-order valence-electron chi connectivity index (χ4n) is 0.871. The molecule has 0 aliphatic heterocycles. The molecule has 0 bridgehead atoms. The topological polar surface area (TPSA) is 63.4 Å². The van der Waals surface area contributed by atoms with Gasteiger partial charge in [0.25, 0.3) is 5.69 Å². The average molecular weight is 313 g/mol. The molecular weight excluding hydrogens is 308 g/mol. The van der Waals surface area contributed by atoms with Crippen LogP contribution in [-0.2, 0) is 6.61 Å². The molecule has 0 saturated heterocycles. The summed E-state index contributed by atoms with van der Waals surface area (Å²) >= 11 is 7.51. The van der Waals surface area contributed by atoms with Gasteiger partial charge >= 0.3 is 0 Å². The second-order valence-electron chi connectivity index (χ2n) is 2.27. The highest BCUT2D eigenvalue weighted by Crippen LogP contribution is 2.29. The van der Waals surface area contributed by atoms with Crippen molar-refractivity contribution in [1.82, 2.24) is 0 Å². The first-order valence-electron chi connectivity index (χ1n) is 3.30. The van der Waals surface area contributed by atoms with Gasteiger partial charge in [-0.25, -0.2) is 0 Å². The second kappa shape index (κ2) is 4.21. The first-order valence-corrected chi connectivity index (χ1v) is 4.75. The number of rotatable bonds is 2. The highest BCUT2D eigenvalue weighted by atomic mass is 127. The molecule has 0 radical (unpaired) electrons. The summed E-state index contributed by atoms with van der Waals surface area (Å²) in [6.45, 7) is -0.293. The molecule has 0 fully saturated rings. The molecule has 0 aliphatic carbocycles. The Morgan fingerprint density at radius 1 is 1.62 bits per heavy atom. The molecule has 0 aromatic heterocycles. The van der Waals surface area contributed by atoms with E-state index >= 15 is 0 Å². The third kappa shape index (κ3) is 2.09. The van der Waals surface area contributed by atoms with Crippen molar-refractivity contribution >= 4 is 39.9 Å². The van der Waals surface area contributed by atoms with Crippen molar-refractivity contribution in [3.63, 3.8) is 0 Å². The second-order valence-corrected chi connectivity index (χ2v) is 3.76. The number of hydrogen-bond donors (Lipinski definition) is 1. The van der Waals surface area contributed by atoms with Gasteiger partial charge in [-0.3, -0.25) is 10.1 Å². The summed E-state index contributed by atoms with van der Waals surface area (Å²) in [4.78, 5) is 9.97. The molecule has 0 atom stereocenters. The molecule has 0 saturated carbocycles. The average Bonchev–Trinajstić information content (AvgIpc) is 2.04. The molecule has 1 aromatic carbocycles. The van der Waals surface area contributed by atoms with Crippen LogP contribution < -0.4 is 0 Å². The minimum atomic E-state index is -0.503. The van der Waals surface area contributed by atoms with Gasteiger partial charge in [0.15, 0.2) is 0 Å². The standard InChI is InChI=1S/C7H5ClINO3/c8-5-1-2-6(10(12)13)7(9)4(5)3-11/h1-2,11H,3H2. The Balaban J connectivity index is 3.35. The molecule has 0 spiro atoms. The minimum Gasteiger partial charge on any atom is -0.392 e. The van der Waals surface area contributed by atoms with E-state index < -0.39 is 4.92 Å². The van der Waals surface area contributed by atoms with Crippen molar-refractivity contribution in [3.8, 4) is 0 Å². The van der Waals surface area contributed by atoms with E-state index in [9.17, 15) is 10.1 Å². The predicted molar refractivity (Wildman–Crippen MR) is 56.7 cm³/mol. The van der Waals surface area contributed by atoms with Crippen LogP contribution in [0.5, 0.6) is 0 Å². The van der Waals surface area contributed by atoms with E-state index in [-0.39, 0.29) is 12.3 Å². The minimum absolute atomic E-state index is 0.0333. The molecular formula is C7H5ClINO3. The van der Waals surface area contributed by atoms with Gasteiger partial charge in [-0.05, 0) is 28.7 Å². The molecule has 0 aliphatic rings. The van der Waals surface area contributed by atoms with Crippen LogP contribution in [-0.4, -0.2) is 10.0 Å². The fourth-order valence-corrected chi connectivity index (χ4v) is 2.09. The number of nitrogens with zero attached hydrogens (tertiary/aromatic N) is 1. The lowest BCUT2D eigenvalue weighted by atomic mass is 10.2. The first kappa shape index (κ1) is 10.7. The molecule has 0 unspecified atom stereocenters. The molecule has 0 heterocycles. The van der Waals surface area contributed by atoms with Crippen LogP contribution in [0, 0.1) is 13.7 Å². The Labute approximate surface area is 92.8 Å². The lowest BCUT2D eigenvalue weighted by Crippen LogP contribution is -1.97. The Morgan fingerprint density at radius 3 is 2.69 bits per heavy atom. The highest BCUT2D eigenvalue weighted by molar-refractivity contribution is 14.1. The smallest absolute Gasteiger partial charge is 0.283 e. The summed E-state index contributed by atoms with van der Waals surface area (Å²) in [6.07, 6.45) is 0. The molecule has 4 nitrogen and oxygen atoms in total. The monoisotopic (exact) mass is 313 g/mol. The van der Waals surface area contributed by atoms with Crippen LogP contribution in [0.25, 0.3) is 0 Å². The molecule has 13 heavy (non-hydrogen) atoms. The molecule has 70 valence electrons. The maximum Gasteiger partial charge on any atom is 0.283 e. The van der Waals surface area contributed by atoms with Crippen molar-refractivity contribution in [1.29, 1.82) is 0 Å². The molecule has 1 N–H and O–H groups in total. The summed E-state index contributed by atoms with van der Waals surface area (Å²) in [5, 5.41) is 19.7. The van der Waals surface area contributed by atoms with Gasteiger partial charge in [-0.1, -0.05) is 11.6 Å². The normalized spacial score (nSPS) is 10.1. The van der Waals surface area contributed by atoms with Gasteiger partial charge < -0.3 is 5.11 Å². The fraction of sp³-hybridized carbons (Fsp3) is 0.143. The number of nitro benzene ring substituents is 1. The van der Waals surface area contributed by atoms with Crippen molar-refractivity contribution in [2.24, 2.45) is 0 Å². The number of hydrogen-bond acceptors (Lipinski definition) is 3. The van der Waals surface area contributed by atoms with E-state index in [2.05, 4.69) is 0 Å². The Morgan fingerprint density at radius 2 is 2.23 bits per heavy atom. The summed E-state index contributed by atoms with van der Waals surface area (Å²) in [6, 6.07) is 2.73. The maximum absolute atomic E-state index is 10.5. The van der Waals surface area contributed by atoms with E-state index in [0.29, 0.717) is 14.2 Å².